The number of amides is 1. The van der Waals surface area contributed by atoms with E-state index in [0.29, 0.717) is 12.4 Å². The summed E-state index contributed by atoms with van der Waals surface area (Å²) in [6.07, 6.45) is 6.12. The number of nitrogens with one attached hydrogen (secondary N) is 1. The fourth-order valence-corrected chi connectivity index (χ4v) is 2.92. The molecule has 0 saturated heterocycles. The quantitative estimate of drug-likeness (QED) is 0.359. The molecule has 0 fully saturated rings. The molecule has 30 heavy (non-hydrogen) atoms. The summed E-state index contributed by atoms with van der Waals surface area (Å²) in [6, 6.07) is 9.72. The molecule has 0 atom stereocenters. The molecule has 3 N–H and O–H groups in total. The van der Waals surface area contributed by atoms with Gasteiger partial charge in [-0.05, 0) is 43.0 Å². The number of hydrogen-bond donors (Lipinski definition) is 2. The Morgan fingerprint density at radius 2 is 2.07 bits per heavy atom. The zero-order valence-electron chi connectivity index (χ0n) is 17.5. The minimum Gasteiger partial charge on any atom is -0.383 e. The average molecular weight is 403 g/mol. The summed E-state index contributed by atoms with van der Waals surface area (Å²) < 4.78 is 1.66. The second-order valence-electron chi connectivity index (χ2n) is 7.07. The Morgan fingerprint density at radius 1 is 1.30 bits per heavy atom. The van der Waals surface area contributed by atoms with Crippen molar-refractivity contribution in [3.8, 4) is 0 Å². The van der Waals surface area contributed by atoms with Crippen LogP contribution in [0.1, 0.15) is 31.4 Å². The Kier molecular flexibility index (Phi) is 6.41. The standard InChI is InChI=1S/C23H26N6O/c1-5-16(3)22(29-14-15(2)12-27-29)28-21(24)17(4)23(30)26-13-19-9-6-8-18-10-7-11-25-20(18)19/h6-12,14H,4-5,13H2,1-3H3,(H2,24,28)(H,26,30)/b22-16-. The first-order chi connectivity index (χ1) is 14.4. The van der Waals surface area contributed by atoms with Crippen molar-refractivity contribution in [3.05, 3.63) is 77.8 Å². The van der Waals surface area contributed by atoms with E-state index >= 15 is 0 Å². The molecule has 2 aromatic heterocycles. The zero-order valence-corrected chi connectivity index (χ0v) is 17.5. The molecule has 0 unspecified atom stereocenters. The number of aryl methyl sites for hydroxylation is 1. The second-order valence-corrected chi connectivity index (χ2v) is 7.07. The Bertz CT molecular complexity index is 1150. The molecule has 2 heterocycles. The lowest BCUT2D eigenvalue weighted by Crippen LogP contribution is -2.31. The Balaban J connectivity index is 1.76. The number of carbonyl (C=O) groups is 1. The molecule has 7 nitrogen and oxygen atoms in total. The van der Waals surface area contributed by atoms with Gasteiger partial charge in [-0.1, -0.05) is 37.8 Å². The van der Waals surface area contributed by atoms with Gasteiger partial charge in [-0.15, -0.1) is 0 Å². The van der Waals surface area contributed by atoms with E-state index in [1.165, 1.54) is 0 Å². The number of fused-ring (bicyclic) bond motifs is 1. The normalized spacial score (nSPS) is 12.6. The highest BCUT2D eigenvalue weighted by Gasteiger charge is 2.14. The average Bonchev–Trinajstić information content (AvgIpc) is 3.20. The second kappa shape index (κ2) is 9.17. The summed E-state index contributed by atoms with van der Waals surface area (Å²) in [6.45, 7) is 10.1. The van der Waals surface area contributed by atoms with Gasteiger partial charge in [-0.3, -0.25) is 9.78 Å². The van der Waals surface area contributed by atoms with Gasteiger partial charge in [0, 0.05) is 24.3 Å². The van der Waals surface area contributed by atoms with Crippen molar-refractivity contribution in [3.63, 3.8) is 0 Å². The number of carbonyl (C=O) groups excluding carboxylic acids is 1. The van der Waals surface area contributed by atoms with Crippen molar-refractivity contribution >= 4 is 28.5 Å². The fourth-order valence-electron chi connectivity index (χ4n) is 2.92. The molecule has 1 aromatic carbocycles. The number of nitrogens with two attached hydrogens (primary N) is 1. The number of para-hydroxylation sites is 1. The molecule has 0 bridgehead atoms. The van der Waals surface area contributed by atoms with Crippen molar-refractivity contribution in [1.82, 2.24) is 20.1 Å². The largest absolute Gasteiger partial charge is 0.383 e. The third kappa shape index (κ3) is 4.63. The van der Waals surface area contributed by atoms with E-state index in [2.05, 4.69) is 27.0 Å². The molecule has 1 amide bonds. The summed E-state index contributed by atoms with van der Waals surface area (Å²) in [4.78, 5) is 21.5. The lowest BCUT2D eigenvalue weighted by molar-refractivity contribution is -0.117. The molecule has 3 rings (SSSR count). The molecular formula is C23H26N6O. The van der Waals surface area contributed by atoms with Crippen molar-refractivity contribution in [2.45, 2.75) is 33.7 Å². The Morgan fingerprint density at radius 3 is 2.77 bits per heavy atom. The van der Waals surface area contributed by atoms with Crippen molar-refractivity contribution in [1.29, 1.82) is 0 Å². The van der Waals surface area contributed by atoms with E-state index in [0.717, 1.165) is 34.0 Å². The van der Waals surface area contributed by atoms with Gasteiger partial charge in [-0.2, -0.15) is 5.10 Å². The molecule has 0 aliphatic rings. The number of nitrogens with zero attached hydrogens (tertiary/aromatic N) is 4. The van der Waals surface area contributed by atoms with Gasteiger partial charge >= 0.3 is 0 Å². The van der Waals surface area contributed by atoms with Crippen LogP contribution in [0.5, 0.6) is 0 Å². The summed E-state index contributed by atoms with van der Waals surface area (Å²) >= 11 is 0. The van der Waals surface area contributed by atoms with Crippen LogP contribution in [0.2, 0.25) is 0 Å². The smallest absolute Gasteiger partial charge is 0.254 e. The van der Waals surface area contributed by atoms with E-state index in [1.807, 2.05) is 57.3 Å². The first-order valence-corrected chi connectivity index (χ1v) is 9.76. The number of allylic oxidation sites excluding steroid dienone is 1. The van der Waals surface area contributed by atoms with Crippen LogP contribution >= 0.6 is 0 Å². The van der Waals surface area contributed by atoms with Crippen LogP contribution in [0.25, 0.3) is 16.7 Å². The minimum absolute atomic E-state index is 0.0551. The predicted octanol–water partition coefficient (Wildman–Crippen LogP) is 3.57. The topological polar surface area (TPSA) is 98.2 Å². The molecule has 0 aliphatic carbocycles. The molecule has 0 radical (unpaired) electrons. The van der Waals surface area contributed by atoms with Crippen molar-refractivity contribution in [2.75, 3.05) is 0 Å². The monoisotopic (exact) mass is 402 g/mol. The molecular weight excluding hydrogens is 376 g/mol. The van der Waals surface area contributed by atoms with E-state index in [4.69, 9.17) is 5.73 Å². The van der Waals surface area contributed by atoms with Gasteiger partial charge < -0.3 is 11.1 Å². The third-order valence-electron chi connectivity index (χ3n) is 4.81. The number of aliphatic imine (C=N–C) groups is 1. The number of hydrogen-bond acceptors (Lipinski definition) is 4. The van der Waals surface area contributed by atoms with Crippen LogP contribution in [0, 0.1) is 6.92 Å². The maximum atomic E-state index is 12.6. The van der Waals surface area contributed by atoms with Gasteiger partial charge in [0.1, 0.15) is 5.84 Å². The van der Waals surface area contributed by atoms with E-state index in [1.54, 1.807) is 17.1 Å². The van der Waals surface area contributed by atoms with Gasteiger partial charge in [0.05, 0.1) is 17.3 Å². The van der Waals surface area contributed by atoms with Crippen LogP contribution in [-0.2, 0) is 11.3 Å². The minimum atomic E-state index is -0.380. The predicted molar refractivity (Wildman–Crippen MR) is 120 cm³/mol. The summed E-state index contributed by atoms with van der Waals surface area (Å²) in [5, 5.41) is 8.18. The lowest BCUT2D eigenvalue weighted by atomic mass is 10.1. The molecule has 0 spiro atoms. The van der Waals surface area contributed by atoms with Crippen LogP contribution in [0.15, 0.2) is 71.6 Å². The summed E-state index contributed by atoms with van der Waals surface area (Å²) in [5.74, 6) is 0.268. The van der Waals surface area contributed by atoms with E-state index in [-0.39, 0.29) is 17.3 Å². The number of aromatic nitrogens is 3. The van der Waals surface area contributed by atoms with Crippen LogP contribution in [-0.4, -0.2) is 26.5 Å². The SMILES string of the molecule is C=C(C(=O)NCc1cccc2cccnc12)/C(N)=N\C(=C(/C)CC)n1cc(C)cn1. The third-order valence-corrected chi connectivity index (χ3v) is 4.81. The number of rotatable bonds is 7. The van der Waals surface area contributed by atoms with Crippen LogP contribution in [0.4, 0.5) is 0 Å². The van der Waals surface area contributed by atoms with Gasteiger partial charge in [0.25, 0.3) is 5.91 Å². The number of amidine groups is 1. The first kappa shape index (κ1) is 21.0. The maximum Gasteiger partial charge on any atom is 0.254 e. The Labute approximate surface area is 176 Å². The number of pyridine rings is 1. The molecule has 7 heteroatoms. The van der Waals surface area contributed by atoms with Gasteiger partial charge in [0.2, 0.25) is 0 Å². The highest BCUT2D eigenvalue weighted by atomic mass is 16.1. The van der Waals surface area contributed by atoms with Gasteiger partial charge in [-0.25, -0.2) is 9.67 Å². The lowest BCUT2D eigenvalue weighted by Gasteiger charge is -2.11. The maximum absolute atomic E-state index is 12.6. The molecule has 0 saturated carbocycles. The molecule has 154 valence electrons. The van der Waals surface area contributed by atoms with E-state index < -0.39 is 0 Å². The zero-order chi connectivity index (χ0) is 21.7. The fraction of sp³-hybridized carbons (Fsp3) is 0.217. The van der Waals surface area contributed by atoms with E-state index in [9.17, 15) is 4.79 Å². The number of benzene rings is 1. The molecule has 0 aliphatic heterocycles. The van der Waals surface area contributed by atoms with Crippen LogP contribution in [0.3, 0.4) is 0 Å². The Hall–Kier alpha value is -3.74. The molecule has 3 aromatic rings. The highest BCUT2D eigenvalue weighted by Crippen LogP contribution is 2.17. The first-order valence-electron chi connectivity index (χ1n) is 9.76. The van der Waals surface area contributed by atoms with Crippen LogP contribution < -0.4 is 11.1 Å². The van der Waals surface area contributed by atoms with Gasteiger partial charge in [0.15, 0.2) is 5.82 Å². The van der Waals surface area contributed by atoms with Crippen molar-refractivity contribution in [2.24, 2.45) is 10.7 Å². The summed E-state index contributed by atoms with van der Waals surface area (Å²) in [5.41, 5.74) is 9.99. The highest BCUT2D eigenvalue weighted by molar-refractivity contribution is 6.20. The van der Waals surface area contributed by atoms with Crippen molar-refractivity contribution < 1.29 is 4.79 Å². The summed E-state index contributed by atoms with van der Waals surface area (Å²) in [7, 11) is 0.